The van der Waals surface area contributed by atoms with Crippen LogP contribution in [0.3, 0.4) is 0 Å². The fourth-order valence-electron chi connectivity index (χ4n) is 1.25. The van der Waals surface area contributed by atoms with Crippen molar-refractivity contribution in [3.8, 4) is 0 Å². The second-order valence-corrected chi connectivity index (χ2v) is 5.05. The summed E-state index contributed by atoms with van der Waals surface area (Å²) >= 11 is 0.973. The van der Waals surface area contributed by atoms with Crippen LogP contribution in [0.2, 0.25) is 0 Å². The lowest BCUT2D eigenvalue weighted by atomic mass is 10.1. The molecule has 6 heteroatoms. The molecule has 0 aliphatic rings. The van der Waals surface area contributed by atoms with E-state index in [1.54, 1.807) is 6.92 Å². The van der Waals surface area contributed by atoms with Crippen LogP contribution in [0, 0.1) is 5.92 Å². The Morgan fingerprint density at radius 1 is 1.24 bits per heavy atom. The largest absolute Gasteiger partial charge is 0.480 e. The van der Waals surface area contributed by atoms with Gasteiger partial charge in [-0.25, -0.2) is 0 Å². The highest BCUT2D eigenvalue weighted by molar-refractivity contribution is 8.14. The zero-order valence-corrected chi connectivity index (χ0v) is 11.2. The van der Waals surface area contributed by atoms with E-state index in [-0.39, 0.29) is 11.0 Å². The quantitative estimate of drug-likeness (QED) is 0.721. The number of carboxylic acid groups (broad SMARTS) is 1. The molecule has 2 N–H and O–H groups in total. The van der Waals surface area contributed by atoms with Crippen LogP contribution in [0.4, 0.5) is 0 Å². The zero-order valence-electron chi connectivity index (χ0n) is 10.4. The monoisotopic (exact) mass is 261 g/mol. The van der Waals surface area contributed by atoms with Gasteiger partial charge in [0.1, 0.15) is 6.54 Å². The summed E-state index contributed by atoms with van der Waals surface area (Å²) < 4.78 is 0. The second kappa shape index (κ2) is 8.11. The van der Waals surface area contributed by atoms with Crippen LogP contribution < -0.4 is 5.32 Å². The summed E-state index contributed by atoms with van der Waals surface area (Å²) in [5.74, 6) is -1.55. The third-order valence-corrected chi connectivity index (χ3v) is 3.53. The van der Waals surface area contributed by atoms with Gasteiger partial charge < -0.3 is 10.4 Å². The molecule has 1 atom stereocenters. The van der Waals surface area contributed by atoms with Crippen molar-refractivity contribution in [2.75, 3.05) is 6.54 Å². The van der Waals surface area contributed by atoms with Crippen LogP contribution in [-0.2, 0) is 14.4 Å². The summed E-state index contributed by atoms with van der Waals surface area (Å²) in [6.07, 6.45) is 1.51. The molecule has 0 aromatic heterocycles. The van der Waals surface area contributed by atoms with Gasteiger partial charge in [-0.15, -0.1) is 0 Å². The molecule has 0 aromatic carbocycles. The summed E-state index contributed by atoms with van der Waals surface area (Å²) in [6, 6.07) is 0. The molecule has 98 valence electrons. The molecule has 0 rings (SSSR count). The Kier molecular flexibility index (Phi) is 7.61. The van der Waals surface area contributed by atoms with Gasteiger partial charge in [-0.2, -0.15) is 0 Å². The normalized spacial score (nSPS) is 12.2. The summed E-state index contributed by atoms with van der Waals surface area (Å²) in [5, 5.41) is 10.1. The summed E-state index contributed by atoms with van der Waals surface area (Å²) in [5.41, 5.74) is 0. The van der Waals surface area contributed by atoms with Crippen molar-refractivity contribution in [2.45, 2.75) is 38.9 Å². The molecule has 0 radical (unpaired) electrons. The van der Waals surface area contributed by atoms with Gasteiger partial charge in [-0.05, 0) is 19.8 Å². The Balaban J connectivity index is 4.15. The van der Waals surface area contributed by atoms with Gasteiger partial charge in [0, 0.05) is 5.92 Å². The molecule has 0 spiro atoms. The third-order valence-electron chi connectivity index (χ3n) is 2.39. The maximum atomic E-state index is 11.7. The molecule has 5 nitrogen and oxygen atoms in total. The first kappa shape index (κ1) is 16.0. The lowest BCUT2D eigenvalue weighted by molar-refractivity contribution is -0.137. The molecular formula is C11H19NO4S. The molecule has 0 saturated carbocycles. The van der Waals surface area contributed by atoms with Gasteiger partial charge in [0.2, 0.25) is 5.91 Å². The number of carbonyl (C=O) groups excluding carboxylic acids is 2. The number of thioether (sulfide) groups is 1. The number of hydrogen-bond acceptors (Lipinski definition) is 4. The highest BCUT2D eigenvalue weighted by Gasteiger charge is 2.22. The summed E-state index contributed by atoms with van der Waals surface area (Å²) in [6.45, 7) is 5.05. The Labute approximate surface area is 105 Å². The van der Waals surface area contributed by atoms with Crippen LogP contribution in [0.15, 0.2) is 0 Å². The van der Waals surface area contributed by atoms with Gasteiger partial charge in [-0.3, -0.25) is 14.4 Å². The number of rotatable bonds is 7. The number of amides is 1. The molecule has 1 unspecified atom stereocenters. The van der Waals surface area contributed by atoms with Crippen LogP contribution in [-0.4, -0.2) is 33.9 Å². The number of aliphatic carboxylic acids is 1. The fourth-order valence-corrected chi connectivity index (χ4v) is 2.32. The highest BCUT2D eigenvalue weighted by Crippen LogP contribution is 2.21. The van der Waals surface area contributed by atoms with E-state index in [4.69, 9.17) is 5.11 Å². The molecular weight excluding hydrogens is 242 g/mol. The Morgan fingerprint density at radius 3 is 2.18 bits per heavy atom. The van der Waals surface area contributed by atoms with E-state index in [1.165, 1.54) is 0 Å². The maximum Gasteiger partial charge on any atom is 0.322 e. The van der Waals surface area contributed by atoms with Gasteiger partial charge in [0.15, 0.2) is 5.12 Å². The van der Waals surface area contributed by atoms with Crippen molar-refractivity contribution in [1.82, 2.24) is 5.32 Å². The maximum absolute atomic E-state index is 11.7. The zero-order chi connectivity index (χ0) is 13.4. The standard InChI is InChI=1S/C11H19NO4S/c1-4-8(5-2)11(16)17-7(3)10(15)12-6-9(13)14/h7-8H,4-6H2,1-3H3,(H,12,15)(H,13,14). The smallest absolute Gasteiger partial charge is 0.322 e. The average molecular weight is 261 g/mol. The molecule has 0 aliphatic carbocycles. The van der Waals surface area contributed by atoms with E-state index in [2.05, 4.69) is 5.32 Å². The van der Waals surface area contributed by atoms with Gasteiger partial charge >= 0.3 is 5.97 Å². The first-order valence-electron chi connectivity index (χ1n) is 5.62. The van der Waals surface area contributed by atoms with E-state index in [1.807, 2.05) is 13.8 Å². The second-order valence-electron chi connectivity index (χ2n) is 3.70. The van der Waals surface area contributed by atoms with Crippen LogP contribution >= 0.6 is 11.8 Å². The van der Waals surface area contributed by atoms with E-state index >= 15 is 0 Å². The van der Waals surface area contributed by atoms with Crippen LogP contribution in [0.1, 0.15) is 33.6 Å². The average Bonchev–Trinajstić information content (AvgIpc) is 2.27. The Bertz CT molecular complexity index is 289. The minimum atomic E-state index is -1.10. The molecule has 0 aliphatic heterocycles. The first-order valence-corrected chi connectivity index (χ1v) is 6.50. The first-order chi connectivity index (χ1) is 7.92. The molecule has 1 amide bonds. The Hall–Kier alpha value is -1.04. The van der Waals surface area contributed by atoms with Crippen molar-refractivity contribution in [1.29, 1.82) is 0 Å². The molecule has 0 heterocycles. The van der Waals surface area contributed by atoms with E-state index in [0.717, 1.165) is 24.6 Å². The van der Waals surface area contributed by atoms with Crippen LogP contribution in [0.25, 0.3) is 0 Å². The fraction of sp³-hybridized carbons (Fsp3) is 0.727. The predicted octanol–water partition coefficient (Wildman–Crippen LogP) is 1.27. The summed E-state index contributed by atoms with van der Waals surface area (Å²) in [4.78, 5) is 33.4. The highest BCUT2D eigenvalue weighted by atomic mass is 32.2. The molecule has 17 heavy (non-hydrogen) atoms. The minimum absolute atomic E-state index is 0.00650. The molecule has 0 aromatic rings. The van der Waals surface area contributed by atoms with Crippen molar-refractivity contribution in [3.05, 3.63) is 0 Å². The van der Waals surface area contributed by atoms with Gasteiger partial charge in [0.25, 0.3) is 0 Å². The number of carboxylic acids is 1. The van der Waals surface area contributed by atoms with Crippen molar-refractivity contribution < 1.29 is 19.5 Å². The summed E-state index contributed by atoms with van der Waals surface area (Å²) in [7, 11) is 0. The van der Waals surface area contributed by atoms with Gasteiger partial charge in [-0.1, -0.05) is 25.6 Å². The lowest BCUT2D eigenvalue weighted by Gasteiger charge is -2.14. The minimum Gasteiger partial charge on any atom is -0.480 e. The third kappa shape index (κ3) is 6.31. The van der Waals surface area contributed by atoms with Crippen molar-refractivity contribution in [2.24, 2.45) is 5.92 Å². The van der Waals surface area contributed by atoms with E-state index < -0.39 is 23.7 Å². The molecule has 0 fully saturated rings. The number of hydrogen-bond donors (Lipinski definition) is 2. The number of nitrogens with one attached hydrogen (secondary N) is 1. The molecule has 0 bridgehead atoms. The number of carbonyl (C=O) groups is 3. The Morgan fingerprint density at radius 2 is 1.76 bits per heavy atom. The lowest BCUT2D eigenvalue weighted by Crippen LogP contribution is -2.35. The predicted molar refractivity (Wildman–Crippen MR) is 66.8 cm³/mol. The van der Waals surface area contributed by atoms with Gasteiger partial charge in [0.05, 0.1) is 5.25 Å². The van der Waals surface area contributed by atoms with Crippen molar-refractivity contribution >= 4 is 28.8 Å². The van der Waals surface area contributed by atoms with Crippen molar-refractivity contribution in [3.63, 3.8) is 0 Å². The SMILES string of the molecule is CCC(CC)C(=O)SC(C)C(=O)NCC(=O)O. The van der Waals surface area contributed by atoms with E-state index in [0.29, 0.717) is 0 Å². The van der Waals surface area contributed by atoms with Crippen LogP contribution in [0.5, 0.6) is 0 Å². The topological polar surface area (TPSA) is 83.5 Å². The molecule has 0 saturated heterocycles. The van der Waals surface area contributed by atoms with E-state index in [9.17, 15) is 14.4 Å².